The number of nitrogens with zero attached hydrogens (tertiary/aromatic N) is 3. The second-order valence-corrected chi connectivity index (χ2v) is 13.6. The topological polar surface area (TPSA) is 78.0 Å². The van der Waals surface area contributed by atoms with Gasteiger partial charge in [-0.05, 0) is 74.4 Å². The lowest BCUT2D eigenvalue weighted by Crippen LogP contribution is -2.52. The number of benzene rings is 3. The van der Waals surface area contributed by atoms with Gasteiger partial charge in [-0.1, -0.05) is 67.1 Å². The van der Waals surface area contributed by atoms with E-state index in [1.807, 2.05) is 49.1 Å². The molecule has 1 heterocycles. The highest BCUT2D eigenvalue weighted by Crippen LogP contribution is 2.33. The predicted octanol–water partition coefficient (Wildman–Crippen LogP) is 5.50. The first-order chi connectivity index (χ1) is 20.7. The molecule has 43 heavy (non-hydrogen) atoms. The lowest BCUT2D eigenvalue weighted by Gasteiger charge is -2.40. The van der Waals surface area contributed by atoms with Crippen molar-refractivity contribution in [3.05, 3.63) is 101 Å². The maximum Gasteiger partial charge on any atom is 0.243 e. The van der Waals surface area contributed by atoms with Crippen molar-refractivity contribution >= 4 is 21.8 Å². The normalized spacial score (nSPS) is 16.7. The molecule has 1 atom stereocenters. The number of sulfonamides is 1. The molecule has 2 aliphatic rings. The van der Waals surface area contributed by atoms with Crippen LogP contribution in [0.4, 0.5) is 4.39 Å². The smallest absolute Gasteiger partial charge is 0.243 e. The first kappa shape index (κ1) is 30.9. The number of hydrogen-bond acceptors (Lipinski definition) is 4. The van der Waals surface area contributed by atoms with E-state index in [0.717, 1.165) is 29.5 Å². The molecule has 0 N–H and O–H groups in total. The Morgan fingerprint density at radius 1 is 0.884 bits per heavy atom. The second-order valence-electron chi connectivity index (χ2n) is 11.7. The van der Waals surface area contributed by atoms with Crippen LogP contribution in [0.15, 0.2) is 83.8 Å². The van der Waals surface area contributed by atoms with Crippen LogP contribution in [0, 0.1) is 12.7 Å². The van der Waals surface area contributed by atoms with Crippen molar-refractivity contribution in [3.63, 3.8) is 0 Å². The maximum atomic E-state index is 14.0. The number of hydrogen-bond donors (Lipinski definition) is 0. The molecule has 1 aliphatic heterocycles. The molecule has 2 fully saturated rings. The van der Waals surface area contributed by atoms with Crippen LogP contribution in [-0.4, -0.2) is 66.1 Å². The molecule has 0 spiro atoms. The highest BCUT2D eigenvalue weighted by Gasteiger charge is 2.41. The molecule has 3 aromatic rings. The van der Waals surface area contributed by atoms with Gasteiger partial charge < -0.3 is 9.80 Å². The zero-order chi connectivity index (χ0) is 30.6. The van der Waals surface area contributed by atoms with Gasteiger partial charge in [0.05, 0.1) is 17.4 Å². The summed E-state index contributed by atoms with van der Waals surface area (Å²) >= 11 is 0. The zero-order valence-electron chi connectivity index (χ0n) is 24.9. The Labute approximate surface area is 254 Å². The first-order valence-corrected chi connectivity index (χ1v) is 16.6. The lowest BCUT2D eigenvalue weighted by atomic mass is 9.93. The van der Waals surface area contributed by atoms with Gasteiger partial charge in [0.25, 0.3) is 0 Å². The molecule has 228 valence electrons. The van der Waals surface area contributed by atoms with Crippen molar-refractivity contribution in [3.8, 4) is 0 Å². The third-order valence-corrected chi connectivity index (χ3v) is 10.5. The summed E-state index contributed by atoms with van der Waals surface area (Å²) in [5.41, 5.74) is 2.72. The van der Waals surface area contributed by atoms with Crippen molar-refractivity contribution in [1.29, 1.82) is 0 Å². The fourth-order valence-corrected chi connectivity index (χ4v) is 7.54. The van der Waals surface area contributed by atoms with E-state index >= 15 is 0 Å². The summed E-state index contributed by atoms with van der Waals surface area (Å²) in [7, 11) is -3.87. The van der Waals surface area contributed by atoms with Crippen LogP contribution < -0.4 is 0 Å². The van der Waals surface area contributed by atoms with Crippen molar-refractivity contribution < 1.29 is 22.4 Å². The predicted molar refractivity (Wildman–Crippen MR) is 164 cm³/mol. The molecule has 5 rings (SSSR count). The number of carbonyl (C=O) groups excluding carboxylic acids is 2. The maximum absolute atomic E-state index is 14.0. The average Bonchev–Trinajstić information content (AvgIpc) is 3.86. The quantitative estimate of drug-likeness (QED) is 0.289. The van der Waals surface area contributed by atoms with Gasteiger partial charge in [0.15, 0.2) is 0 Å². The molecule has 1 saturated carbocycles. The van der Waals surface area contributed by atoms with Crippen LogP contribution >= 0.6 is 0 Å². The minimum Gasteiger partial charge on any atom is -0.342 e. The summed E-state index contributed by atoms with van der Waals surface area (Å²) in [5.74, 6) is -0.768. The van der Waals surface area contributed by atoms with Crippen molar-refractivity contribution in [2.24, 2.45) is 0 Å². The molecule has 0 aromatic heterocycles. The first-order valence-electron chi connectivity index (χ1n) is 15.1. The Balaban J connectivity index is 1.33. The third-order valence-electron chi connectivity index (χ3n) is 8.58. The molecular formula is C34H40FN3O4S. The molecule has 3 aromatic carbocycles. The number of rotatable bonds is 11. The summed E-state index contributed by atoms with van der Waals surface area (Å²) in [6.45, 7) is 4.91. The molecule has 0 radical (unpaired) electrons. The molecular weight excluding hydrogens is 565 g/mol. The minimum absolute atomic E-state index is 0.0904. The highest BCUT2D eigenvalue weighted by atomic mass is 32.2. The van der Waals surface area contributed by atoms with E-state index in [-0.39, 0.29) is 53.6 Å². The molecule has 2 amide bonds. The Morgan fingerprint density at radius 3 is 2.09 bits per heavy atom. The van der Waals surface area contributed by atoms with Gasteiger partial charge in [0.1, 0.15) is 5.82 Å². The van der Waals surface area contributed by atoms with Crippen LogP contribution in [0.1, 0.15) is 61.6 Å². The number of piperidine rings is 1. The molecule has 7 nitrogen and oxygen atoms in total. The third kappa shape index (κ3) is 7.33. The van der Waals surface area contributed by atoms with Crippen LogP contribution in [0.3, 0.4) is 0 Å². The standard InChI is InChI=1S/C34H40FN3O4S/c1-3-32(27-7-5-4-6-8-27)34(40)36-21-19-29(20-22-36)37(23-26-11-13-28(35)14-12-26)33(39)24-38(30-15-16-30)43(41,42)31-17-9-25(2)10-18-31/h4-14,17-18,29-30,32H,3,15-16,19-24H2,1-2H3. The summed E-state index contributed by atoms with van der Waals surface area (Å²) in [6, 6.07) is 22.2. The number of aryl methyl sites for hydroxylation is 1. The summed E-state index contributed by atoms with van der Waals surface area (Å²) in [5, 5.41) is 0. The Morgan fingerprint density at radius 2 is 1.51 bits per heavy atom. The lowest BCUT2D eigenvalue weighted by molar-refractivity contribution is -0.138. The van der Waals surface area contributed by atoms with E-state index in [0.29, 0.717) is 32.4 Å². The van der Waals surface area contributed by atoms with E-state index < -0.39 is 10.0 Å². The Hall–Kier alpha value is -3.56. The van der Waals surface area contributed by atoms with Crippen molar-refractivity contribution in [2.45, 2.75) is 75.4 Å². The second kappa shape index (κ2) is 13.4. The fourth-order valence-electron chi connectivity index (χ4n) is 5.91. The van der Waals surface area contributed by atoms with Crippen LogP contribution in [0.5, 0.6) is 0 Å². The average molecular weight is 606 g/mol. The van der Waals surface area contributed by atoms with Gasteiger partial charge in [0, 0.05) is 31.7 Å². The van der Waals surface area contributed by atoms with Gasteiger partial charge in [0.2, 0.25) is 21.8 Å². The minimum atomic E-state index is -3.87. The van der Waals surface area contributed by atoms with Crippen molar-refractivity contribution in [2.75, 3.05) is 19.6 Å². The fraction of sp³-hybridized carbons (Fsp3) is 0.412. The number of amides is 2. The van der Waals surface area contributed by atoms with Gasteiger partial charge in [-0.3, -0.25) is 9.59 Å². The molecule has 0 bridgehead atoms. The van der Waals surface area contributed by atoms with Crippen LogP contribution in [0.2, 0.25) is 0 Å². The van der Waals surface area contributed by atoms with Crippen LogP contribution in [0.25, 0.3) is 0 Å². The number of halogens is 1. The van der Waals surface area contributed by atoms with Crippen LogP contribution in [-0.2, 0) is 26.2 Å². The van der Waals surface area contributed by atoms with Gasteiger partial charge in [-0.2, -0.15) is 4.31 Å². The van der Waals surface area contributed by atoms with E-state index in [2.05, 4.69) is 0 Å². The largest absolute Gasteiger partial charge is 0.342 e. The summed E-state index contributed by atoms with van der Waals surface area (Å²) in [6.07, 6.45) is 3.30. The highest BCUT2D eigenvalue weighted by molar-refractivity contribution is 7.89. The van der Waals surface area contributed by atoms with E-state index in [1.165, 1.54) is 16.4 Å². The van der Waals surface area contributed by atoms with Gasteiger partial charge >= 0.3 is 0 Å². The Kier molecular flexibility index (Phi) is 9.62. The molecule has 1 unspecified atom stereocenters. The summed E-state index contributed by atoms with van der Waals surface area (Å²) < 4.78 is 42.3. The van der Waals surface area contributed by atoms with Gasteiger partial charge in [-0.25, -0.2) is 12.8 Å². The molecule has 1 aliphatic carbocycles. The molecule has 1 saturated heterocycles. The van der Waals surface area contributed by atoms with E-state index in [1.54, 1.807) is 41.3 Å². The monoisotopic (exact) mass is 605 g/mol. The number of likely N-dealkylation sites (tertiary alicyclic amines) is 1. The van der Waals surface area contributed by atoms with E-state index in [4.69, 9.17) is 0 Å². The SMILES string of the molecule is CCC(C(=O)N1CCC(N(Cc2ccc(F)cc2)C(=O)CN(C2CC2)S(=O)(=O)c2ccc(C)cc2)CC1)c1ccccc1. The van der Waals surface area contributed by atoms with E-state index in [9.17, 15) is 22.4 Å². The molecule has 9 heteroatoms. The van der Waals surface area contributed by atoms with Gasteiger partial charge in [-0.15, -0.1) is 0 Å². The summed E-state index contributed by atoms with van der Waals surface area (Å²) in [4.78, 5) is 31.3. The Bertz CT molecular complexity index is 1500. The zero-order valence-corrected chi connectivity index (χ0v) is 25.7. The number of carbonyl (C=O) groups is 2. The van der Waals surface area contributed by atoms with Crippen molar-refractivity contribution in [1.82, 2.24) is 14.1 Å².